The fraction of sp³-hybridized carbons (Fsp3) is 0.214. The number of hydrogen-bond acceptors (Lipinski definition) is 4. The number of carbonyl (C=O) groups excluding carboxylic acids is 1. The predicted octanol–water partition coefficient (Wildman–Crippen LogP) is 5.73. The summed E-state index contributed by atoms with van der Waals surface area (Å²) in [5.74, 6) is -0.0696. The van der Waals surface area contributed by atoms with Gasteiger partial charge in [0.15, 0.2) is 0 Å². The Bertz CT molecular complexity index is 1350. The molecule has 3 aromatic carbocycles. The summed E-state index contributed by atoms with van der Waals surface area (Å²) < 4.78 is 0. The van der Waals surface area contributed by atoms with E-state index in [1.807, 2.05) is 73.7 Å². The maximum atomic E-state index is 12.8. The van der Waals surface area contributed by atoms with Gasteiger partial charge in [-0.25, -0.2) is 0 Å². The minimum Gasteiger partial charge on any atom is -0.355 e. The van der Waals surface area contributed by atoms with Crippen molar-refractivity contribution in [1.82, 2.24) is 15.2 Å². The van der Waals surface area contributed by atoms with Crippen molar-refractivity contribution < 1.29 is 4.79 Å². The van der Waals surface area contributed by atoms with Crippen molar-refractivity contribution in [2.24, 2.45) is 0 Å². The van der Waals surface area contributed by atoms with Gasteiger partial charge in [0, 0.05) is 59.2 Å². The first-order valence-corrected chi connectivity index (χ1v) is 11.9. The van der Waals surface area contributed by atoms with Crippen molar-refractivity contribution in [2.75, 3.05) is 25.0 Å². The molecule has 1 amide bonds. The first-order chi connectivity index (χ1) is 16.5. The minimum atomic E-state index is -0.0696. The van der Waals surface area contributed by atoms with E-state index in [0.29, 0.717) is 12.1 Å². The summed E-state index contributed by atoms with van der Waals surface area (Å²) in [4.78, 5) is 19.8. The molecule has 0 fully saturated rings. The third-order valence-electron chi connectivity index (χ3n) is 6.22. The number of pyridine rings is 1. The van der Waals surface area contributed by atoms with E-state index in [2.05, 4.69) is 26.6 Å². The van der Waals surface area contributed by atoms with Gasteiger partial charge in [-0.1, -0.05) is 41.9 Å². The number of para-hydroxylation sites is 1. The van der Waals surface area contributed by atoms with Gasteiger partial charge in [-0.05, 0) is 66.9 Å². The number of nitrogens with zero attached hydrogens (tertiary/aromatic N) is 2. The second-order valence-electron chi connectivity index (χ2n) is 8.73. The number of rotatable bonds is 6. The van der Waals surface area contributed by atoms with Gasteiger partial charge in [-0.3, -0.25) is 14.7 Å². The Balaban J connectivity index is 1.21. The van der Waals surface area contributed by atoms with Gasteiger partial charge in [0.05, 0.1) is 5.52 Å². The lowest BCUT2D eigenvalue weighted by molar-refractivity contribution is 0.0947. The number of carbonyl (C=O) groups is 1. The van der Waals surface area contributed by atoms with Crippen molar-refractivity contribution in [3.63, 3.8) is 0 Å². The number of anilines is 2. The van der Waals surface area contributed by atoms with Crippen LogP contribution >= 0.6 is 11.6 Å². The highest BCUT2D eigenvalue weighted by atomic mass is 35.5. The van der Waals surface area contributed by atoms with Crippen LogP contribution in [-0.4, -0.2) is 35.4 Å². The van der Waals surface area contributed by atoms with E-state index in [9.17, 15) is 4.79 Å². The zero-order valence-electron chi connectivity index (χ0n) is 19.1. The van der Waals surface area contributed by atoms with Crippen LogP contribution < -0.4 is 10.6 Å². The van der Waals surface area contributed by atoms with Crippen LogP contribution in [0, 0.1) is 6.92 Å². The van der Waals surface area contributed by atoms with Crippen molar-refractivity contribution in [3.8, 4) is 0 Å². The monoisotopic (exact) mass is 470 g/mol. The van der Waals surface area contributed by atoms with Gasteiger partial charge >= 0.3 is 0 Å². The molecule has 5 nitrogen and oxygen atoms in total. The normalized spacial score (nSPS) is 13.5. The molecule has 0 spiro atoms. The van der Waals surface area contributed by atoms with Crippen molar-refractivity contribution in [2.45, 2.75) is 19.9 Å². The van der Waals surface area contributed by atoms with Crippen LogP contribution in [0.2, 0.25) is 5.02 Å². The van der Waals surface area contributed by atoms with Gasteiger partial charge in [0.1, 0.15) is 0 Å². The fourth-order valence-corrected chi connectivity index (χ4v) is 4.70. The fourth-order valence-electron chi connectivity index (χ4n) is 4.51. The second kappa shape index (κ2) is 9.84. The maximum absolute atomic E-state index is 12.8. The van der Waals surface area contributed by atoms with E-state index in [-0.39, 0.29) is 5.91 Å². The lowest BCUT2D eigenvalue weighted by Crippen LogP contribution is -2.37. The zero-order valence-corrected chi connectivity index (χ0v) is 19.9. The molecule has 6 heteroatoms. The summed E-state index contributed by atoms with van der Waals surface area (Å²) in [5.41, 5.74) is 7.02. The highest BCUT2D eigenvalue weighted by Crippen LogP contribution is 2.27. The van der Waals surface area contributed by atoms with Gasteiger partial charge in [-0.15, -0.1) is 0 Å². The SMILES string of the molecule is Cc1cc(Nc2cccc(C(=O)NCCN3CCc4ccc(Cl)cc4C3)c2)c2ccccc2n1. The molecule has 2 heterocycles. The summed E-state index contributed by atoms with van der Waals surface area (Å²) in [6.07, 6.45) is 1.01. The highest BCUT2D eigenvalue weighted by Gasteiger charge is 2.16. The van der Waals surface area contributed by atoms with E-state index in [0.717, 1.165) is 59.0 Å². The average Bonchev–Trinajstić information content (AvgIpc) is 2.84. The Labute approximate surface area is 204 Å². The molecule has 5 rings (SSSR count). The quantitative estimate of drug-likeness (QED) is 0.378. The van der Waals surface area contributed by atoms with E-state index >= 15 is 0 Å². The molecule has 0 bridgehead atoms. The van der Waals surface area contributed by atoms with E-state index in [4.69, 9.17) is 11.6 Å². The summed E-state index contributed by atoms with van der Waals surface area (Å²) in [5, 5.41) is 8.36. The predicted molar refractivity (Wildman–Crippen MR) is 139 cm³/mol. The number of fused-ring (bicyclic) bond motifs is 2. The molecule has 0 atom stereocenters. The van der Waals surface area contributed by atoms with E-state index < -0.39 is 0 Å². The Morgan fingerprint density at radius 1 is 1.03 bits per heavy atom. The molecule has 34 heavy (non-hydrogen) atoms. The molecule has 1 aromatic heterocycles. The second-order valence-corrected chi connectivity index (χ2v) is 9.17. The van der Waals surface area contributed by atoms with Crippen LogP contribution in [0.5, 0.6) is 0 Å². The molecule has 0 saturated heterocycles. The summed E-state index contributed by atoms with van der Waals surface area (Å²) in [6.45, 7) is 5.24. The molecule has 1 aliphatic heterocycles. The van der Waals surface area contributed by atoms with Crippen LogP contribution in [0.3, 0.4) is 0 Å². The summed E-state index contributed by atoms with van der Waals surface area (Å²) in [6, 6.07) is 23.8. The molecule has 0 saturated carbocycles. The van der Waals surface area contributed by atoms with Crippen LogP contribution in [0.25, 0.3) is 10.9 Å². The van der Waals surface area contributed by atoms with E-state index in [1.165, 1.54) is 11.1 Å². The summed E-state index contributed by atoms with van der Waals surface area (Å²) in [7, 11) is 0. The number of aromatic nitrogens is 1. The smallest absolute Gasteiger partial charge is 0.251 e. The van der Waals surface area contributed by atoms with Crippen LogP contribution in [0.15, 0.2) is 72.8 Å². The lowest BCUT2D eigenvalue weighted by atomic mass is 10.00. The number of nitrogens with one attached hydrogen (secondary N) is 2. The Morgan fingerprint density at radius 2 is 1.91 bits per heavy atom. The van der Waals surface area contributed by atoms with Gasteiger partial charge in [0.25, 0.3) is 5.91 Å². The van der Waals surface area contributed by atoms with Crippen molar-refractivity contribution >= 4 is 39.8 Å². The number of benzene rings is 3. The molecule has 2 N–H and O–H groups in total. The van der Waals surface area contributed by atoms with Crippen LogP contribution in [0.1, 0.15) is 27.2 Å². The molecular weight excluding hydrogens is 444 g/mol. The largest absolute Gasteiger partial charge is 0.355 e. The van der Waals surface area contributed by atoms with Crippen molar-refractivity contribution in [3.05, 3.63) is 100 Å². The highest BCUT2D eigenvalue weighted by molar-refractivity contribution is 6.30. The number of hydrogen-bond donors (Lipinski definition) is 2. The molecule has 0 radical (unpaired) electrons. The first-order valence-electron chi connectivity index (χ1n) is 11.6. The molecular formula is C28H27ClN4O. The van der Waals surface area contributed by atoms with Gasteiger partial charge in [-0.2, -0.15) is 0 Å². The van der Waals surface area contributed by atoms with Crippen LogP contribution in [0.4, 0.5) is 11.4 Å². The first kappa shape index (κ1) is 22.4. The summed E-state index contributed by atoms with van der Waals surface area (Å²) >= 11 is 6.15. The third-order valence-corrected chi connectivity index (χ3v) is 6.46. The lowest BCUT2D eigenvalue weighted by Gasteiger charge is -2.28. The third kappa shape index (κ3) is 5.06. The minimum absolute atomic E-state index is 0.0696. The Kier molecular flexibility index (Phi) is 6.48. The Hall–Kier alpha value is -3.41. The average molecular weight is 471 g/mol. The standard InChI is InChI=1S/C28H27ClN4O/c1-19-15-27(25-7-2-3-8-26(25)31-19)32-24-6-4-5-21(17-24)28(34)30-12-14-33-13-11-20-9-10-23(29)16-22(20)18-33/h2-10,15-17H,11-14,18H2,1H3,(H,30,34)(H,31,32). The molecule has 1 aliphatic rings. The van der Waals surface area contributed by atoms with Crippen LogP contribution in [-0.2, 0) is 13.0 Å². The van der Waals surface area contributed by atoms with Gasteiger partial charge < -0.3 is 10.6 Å². The topological polar surface area (TPSA) is 57.3 Å². The van der Waals surface area contributed by atoms with E-state index in [1.54, 1.807) is 0 Å². The molecule has 0 aliphatic carbocycles. The number of amides is 1. The molecule has 4 aromatic rings. The maximum Gasteiger partial charge on any atom is 0.251 e. The number of aryl methyl sites for hydroxylation is 1. The molecule has 0 unspecified atom stereocenters. The number of halogens is 1. The van der Waals surface area contributed by atoms with Crippen molar-refractivity contribution in [1.29, 1.82) is 0 Å². The molecule has 172 valence electrons. The zero-order chi connectivity index (χ0) is 23.5. The van der Waals surface area contributed by atoms with Gasteiger partial charge in [0.2, 0.25) is 0 Å². The Morgan fingerprint density at radius 3 is 2.82 bits per heavy atom.